The van der Waals surface area contributed by atoms with Gasteiger partial charge in [0.05, 0.1) is 13.2 Å². The molecule has 0 amide bonds. The minimum absolute atomic E-state index is 0.216. The van der Waals surface area contributed by atoms with E-state index in [1.807, 2.05) is 25.2 Å². The predicted molar refractivity (Wildman–Crippen MR) is 55.3 cm³/mol. The summed E-state index contributed by atoms with van der Waals surface area (Å²) in [6, 6.07) is 0. The van der Waals surface area contributed by atoms with Crippen molar-refractivity contribution in [3.05, 3.63) is 11.8 Å². The van der Waals surface area contributed by atoms with Crippen LogP contribution in [0.4, 0.5) is 0 Å². The number of hydrogen-bond acceptors (Lipinski definition) is 4. The van der Waals surface area contributed by atoms with Gasteiger partial charge in [-0.25, -0.2) is 0 Å². The summed E-state index contributed by atoms with van der Waals surface area (Å²) in [4.78, 5) is 13.6. The fraction of sp³-hybridized carbons (Fsp3) is 0.727. The average molecular weight is 211 g/mol. The Kier molecular flexibility index (Phi) is 2.80. The third-order valence-electron chi connectivity index (χ3n) is 2.78. The first-order valence-corrected chi connectivity index (χ1v) is 5.30. The molecule has 2 aliphatic rings. The van der Waals surface area contributed by atoms with E-state index in [9.17, 15) is 4.79 Å². The van der Waals surface area contributed by atoms with Gasteiger partial charge in [0.15, 0.2) is 11.6 Å². The predicted octanol–water partition coefficient (Wildman–Crippen LogP) is 0.928. The van der Waals surface area contributed by atoms with Crippen LogP contribution in [-0.2, 0) is 14.3 Å². The van der Waals surface area contributed by atoms with E-state index in [0.717, 1.165) is 5.57 Å². The van der Waals surface area contributed by atoms with Gasteiger partial charge in [0.1, 0.15) is 0 Å². The van der Waals surface area contributed by atoms with Crippen LogP contribution < -0.4 is 0 Å². The fourth-order valence-electron chi connectivity index (χ4n) is 2.11. The topological polar surface area (TPSA) is 38.8 Å². The molecule has 4 nitrogen and oxygen atoms in total. The van der Waals surface area contributed by atoms with Crippen molar-refractivity contribution in [2.24, 2.45) is 0 Å². The number of hydrogen-bond donors (Lipinski definition) is 0. The number of ketones is 1. The van der Waals surface area contributed by atoms with Crippen LogP contribution in [0.1, 0.15) is 19.3 Å². The number of rotatable bonds is 1. The molecule has 1 saturated heterocycles. The molecule has 1 aliphatic carbocycles. The zero-order chi connectivity index (χ0) is 10.9. The molecule has 15 heavy (non-hydrogen) atoms. The van der Waals surface area contributed by atoms with E-state index in [2.05, 4.69) is 0 Å². The molecule has 0 radical (unpaired) electrons. The van der Waals surface area contributed by atoms with Crippen LogP contribution >= 0.6 is 0 Å². The first-order chi connectivity index (χ1) is 7.11. The molecule has 0 aromatic carbocycles. The van der Waals surface area contributed by atoms with E-state index < -0.39 is 5.79 Å². The van der Waals surface area contributed by atoms with Gasteiger partial charge >= 0.3 is 0 Å². The molecule has 2 fully saturated rings. The molecule has 1 spiro atoms. The minimum atomic E-state index is -0.504. The lowest BCUT2D eigenvalue weighted by Gasteiger charge is -2.32. The first kappa shape index (κ1) is 10.6. The highest BCUT2D eigenvalue weighted by Crippen LogP contribution is 2.36. The highest BCUT2D eigenvalue weighted by molar-refractivity contribution is 5.96. The molecule has 1 heterocycles. The van der Waals surface area contributed by atoms with Crippen molar-refractivity contribution in [1.29, 1.82) is 0 Å². The van der Waals surface area contributed by atoms with Gasteiger partial charge in [-0.2, -0.15) is 0 Å². The van der Waals surface area contributed by atoms with Crippen molar-refractivity contribution < 1.29 is 14.3 Å². The lowest BCUT2D eigenvalue weighted by atomic mass is 9.89. The molecular weight excluding hydrogens is 194 g/mol. The van der Waals surface area contributed by atoms with Gasteiger partial charge in [-0.05, 0) is 0 Å². The Bertz CT molecular complexity index is 290. The van der Waals surface area contributed by atoms with E-state index in [1.54, 1.807) is 0 Å². The first-order valence-electron chi connectivity index (χ1n) is 5.30. The van der Waals surface area contributed by atoms with Gasteiger partial charge in [-0.3, -0.25) is 4.79 Å². The lowest BCUT2D eigenvalue weighted by Crippen LogP contribution is -2.37. The SMILES string of the molecule is CN(C)C=C1CC2(CCC1=O)OCCO2. The zero-order valence-electron chi connectivity index (χ0n) is 9.28. The van der Waals surface area contributed by atoms with E-state index in [-0.39, 0.29) is 5.78 Å². The minimum Gasteiger partial charge on any atom is -0.383 e. The fourth-order valence-corrected chi connectivity index (χ4v) is 2.11. The van der Waals surface area contributed by atoms with Gasteiger partial charge < -0.3 is 14.4 Å². The third kappa shape index (κ3) is 2.21. The summed E-state index contributed by atoms with van der Waals surface area (Å²) in [6.07, 6.45) is 3.68. The second-order valence-electron chi connectivity index (χ2n) is 4.33. The molecule has 4 heteroatoms. The number of Topliss-reactive ketones (excluding diaryl/α,β-unsaturated/α-hetero) is 1. The maximum absolute atomic E-state index is 11.7. The van der Waals surface area contributed by atoms with Crippen LogP contribution in [0.15, 0.2) is 11.8 Å². The van der Waals surface area contributed by atoms with Gasteiger partial charge in [0.2, 0.25) is 0 Å². The second kappa shape index (κ2) is 3.94. The summed E-state index contributed by atoms with van der Waals surface area (Å²) in [7, 11) is 3.83. The summed E-state index contributed by atoms with van der Waals surface area (Å²) in [5.74, 6) is -0.288. The Morgan fingerprint density at radius 3 is 2.60 bits per heavy atom. The lowest BCUT2D eigenvalue weighted by molar-refractivity contribution is -0.171. The Balaban J connectivity index is 2.13. The molecule has 0 aromatic rings. The molecule has 1 saturated carbocycles. The van der Waals surface area contributed by atoms with E-state index in [0.29, 0.717) is 32.5 Å². The molecule has 2 rings (SSSR count). The standard InChI is InChI=1S/C11H17NO3/c1-12(2)8-9-7-11(4-3-10(9)13)14-5-6-15-11/h8H,3-7H2,1-2H3. The average Bonchev–Trinajstić information content (AvgIpc) is 2.60. The molecule has 84 valence electrons. The second-order valence-corrected chi connectivity index (χ2v) is 4.33. The molecule has 0 unspecified atom stereocenters. The van der Waals surface area contributed by atoms with Crippen molar-refractivity contribution in [2.75, 3.05) is 27.3 Å². The maximum atomic E-state index is 11.7. The van der Waals surface area contributed by atoms with Crippen LogP contribution in [-0.4, -0.2) is 43.8 Å². The van der Waals surface area contributed by atoms with E-state index in [4.69, 9.17) is 9.47 Å². The van der Waals surface area contributed by atoms with Crippen LogP contribution in [0, 0.1) is 0 Å². The van der Waals surface area contributed by atoms with Crippen LogP contribution in [0.2, 0.25) is 0 Å². The largest absolute Gasteiger partial charge is 0.383 e. The molecular formula is C11H17NO3. The van der Waals surface area contributed by atoms with Crippen molar-refractivity contribution in [3.8, 4) is 0 Å². The Morgan fingerprint density at radius 1 is 1.33 bits per heavy atom. The highest BCUT2D eigenvalue weighted by atomic mass is 16.7. The number of nitrogens with zero attached hydrogens (tertiary/aromatic N) is 1. The van der Waals surface area contributed by atoms with E-state index in [1.165, 1.54) is 0 Å². The summed E-state index contributed by atoms with van der Waals surface area (Å²) in [5, 5.41) is 0. The molecule has 0 N–H and O–H groups in total. The monoisotopic (exact) mass is 211 g/mol. The Hall–Kier alpha value is -0.870. The number of carbonyl (C=O) groups is 1. The molecule has 0 bridgehead atoms. The summed E-state index contributed by atoms with van der Waals surface area (Å²) in [6.45, 7) is 1.28. The summed E-state index contributed by atoms with van der Waals surface area (Å²) >= 11 is 0. The Labute approximate surface area is 89.8 Å². The van der Waals surface area contributed by atoms with Gasteiger partial charge in [0, 0.05) is 45.1 Å². The van der Waals surface area contributed by atoms with Gasteiger partial charge in [-0.1, -0.05) is 0 Å². The molecule has 0 aromatic heterocycles. The third-order valence-corrected chi connectivity index (χ3v) is 2.78. The van der Waals surface area contributed by atoms with Gasteiger partial charge in [0.25, 0.3) is 0 Å². The van der Waals surface area contributed by atoms with E-state index >= 15 is 0 Å². The number of carbonyl (C=O) groups excluding carboxylic acids is 1. The number of ether oxygens (including phenoxy) is 2. The van der Waals surface area contributed by atoms with Crippen LogP contribution in [0.5, 0.6) is 0 Å². The summed E-state index contributed by atoms with van der Waals surface area (Å²) < 4.78 is 11.2. The molecule has 1 aliphatic heterocycles. The quantitative estimate of drug-likeness (QED) is 0.605. The van der Waals surface area contributed by atoms with Crippen LogP contribution in [0.25, 0.3) is 0 Å². The summed E-state index contributed by atoms with van der Waals surface area (Å²) in [5.41, 5.74) is 0.813. The highest BCUT2D eigenvalue weighted by Gasteiger charge is 2.42. The zero-order valence-corrected chi connectivity index (χ0v) is 9.28. The van der Waals surface area contributed by atoms with Crippen molar-refractivity contribution >= 4 is 5.78 Å². The van der Waals surface area contributed by atoms with Crippen molar-refractivity contribution in [3.63, 3.8) is 0 Å². The van der Waals surface area contributed by atoms with Crippen molar-refractivity contribution in [1.82, 2.24) is 4.90 Å². The van der Waals surface area contributed by atoms with Gasteiger partial charge in [-0.15, -0.1) is 0 Å². The van der Waals surface area contributed by atoms with Crippen LogP contribution in [0.3, 0.4) is 0 Å². The van der Waals surface area contributed by atoms with Crippen molar-refractivity contribution in [2.45, 2.75) is 25.0 Å². The smallest absolute Gasteiger partial charge is 0.173 e. The normalized spacial score (nSPS) is 27.6. The Morgan fingerprint density at radius 2 is 2.00 bits per heavy atom. The molecule has 0 atom stereocenters. The maximum Gasteiger partial charge on any atom is 0.173 e.